The topological polar surface area (TPSA) is 81.4 Å². The third-order valence-electron chi connectivity index (χ3n) is 5.01. The van der Waals surface area contributed by atoms with Crippen LogP contribution in [-0.2, 0) is 10.4 Å². The molecule has 1 aliphatic heterocycles. The minimum atomic E-state index is -1.88. The molecule has 5 nitrogen and oxygen atoms in total. The second kappa shape index (κ2) is 7.34. The van der Waals surface area contributed by atoms with Gasteiger partial charge in [-0.2, -0.15) is 5.26 Å². The Hall–Kier alpha value is -2.97. The number of nitrogens with zero attached hydrogens (tertiary/aromatic N) is 2. The number of hydrogen-bond acceptors (Lipinski definition) is 4. The summed E-state index contributed by atoms with van der Waals surface area (Å²) in [4.78, 5) is 27.4. The number of rotatable bonds is 6. The highest BCUT2D eigenvalue weighted by Gasteiger charge is 2.50. The van der Waals surface area contributed by atoms with Crippen molar-refractivity contribution in [1.29, 1.82) is 5.26 Å². The second-order valence-corrected chi connectivity index (χ2v) is 7.01. The number of hydrogen-bond donors (Lipinski definition) is 1. The van der Waals surface area contributed by atoms with Crippen LogP contribution in [-0.4, -0.2) is 23.3 Å². The lowest BCUT2D eigenvalue weighted by Crippen LogP contribution is -2.42. The minimum Gasteiger partial charge on any atom is -0.375 e. The molecular formula is C22H22N2O3. The van der Waals surface area contributed by atoms with Crippen LogP contribution < -0.4 is 4.90 Å². The molecular weight excluding hydrogens is 340 g/mol. The summed E-state index contributed by atoms with van der Waals surface area (Å²) in [6, 6.07) is 14.6. The van der Waals surface area contributed by atoms with E-state index >= 15 is 0 Å². The molecule has 0 unspecified atom stereocenters. The van der Waals surface area contributed by atoms with Crippen molar-refractivity contribution in [2.45, 2.75) is 38.7 Å². The Labute approximate surface area is 158 Å². The van der Waals surface area contributed by atoms with E-state index in [0.717, 1.165) is 11.1 Å². The SMILES string of the molecule is Cc1ccc(C(=O)C[C@@]2(O)C(=O)N(CCCC#N)c3ccccc32)c(C)c1. The standard InChI is InChI=1S/C22H22N2O3/c1-15-9-10-17(16(2)13-15)20(25)14-22(27)18-7-3-4-8-19(18)24(21(22)26)12-6-5-11-23/h3-4,7-10,13,27H,5-6,12,14H2,1-2H3/t22-/m0/s1. The van der Waals surface area contributed by atoms with Crippen LogP contribution in [0.1, 0.15) is 46.3 Å². The molecule has 0 spiro atoms. The number of Topliss-reactive ketones (excluding diaryl/α,β-unsaturated/α-hetero) is 1. The van der Waals surface area contributed by atoms with E-state index in [2.05, 4.69) is 6.07 Å². The zero-order valence-electron chi connectivity index (χ0n) is 15.5. The fourth-order valence-corrected chi connectivity index (χ4v) is 3.67. The summed E-state index contributed by atoms with van der Waals surface area (Å²) in [6.45, 7) is 4.14. The molecule has 0 saturated carbocycles. The van der Waals surface area contributed by atoms with Crippen molar-refractivity contribution >= 4 is 17.4 Å². The Bertz CT molecular complexity index is 945. The number of carbonyl (C=O) groups is 2. The quantitative estimate of drug-likeness (QED) is 0.631. The maximum Gasteiger partial charge on any atom is 0.264 e. The molecule has 27 heavy (non-hydrogen) atoms. The van der Waals surface area contributed by atoms with Crippen molar-refractivity contribution < 1.29 is 14.7 Å². The van der Waals surface area contributed by atoms with Crippen molar-refractivity contribution in [3.05, 3.63) is 64.7 Å². The first-order chi connectivity index (χ1) is 12.9. The first-order valence-electron chi connectivity index (χ1n) is 8.99. The number of fused-ring (bicyclic) bond motifs is 1. The fraction of sp³-hybridized carbons (Fsp3) is 0.318. The van der Waals surface area contributed by atoms with Gasteiger partial charge in [0, 0.05) is 24.1 Å². The molecule has 3 rings (SSSR count). The van der Waals surface area contributed by atoms with Gasteiger partial charge < -0.3 is 10.0 Å². The van der Waals surface area contributed by atoms with Crippen LogP contribution in [0.2, 0.25) is 0 Å². The molecule has 1 aliphatic rings. The van der Waals surface area contributed by atoms with Gasteiger partial charge in [0.1, 0.15) is 0 Å². The van der Waals surface area contributed by atoms with Crippen LogP contribution in [0, 0.1) is 25.2 Å². The number of unbranched alkanes of at least 4 members (excludes halogenated alkanes) is 1. The van der Waals surface area contributed by atoms with Crippen LogP contribution in [0.15, 0.2) is 42.5 Å². The van der Waals surface area contributed by atoms with Gasteiger partial charge in [-0.25, -0.2) is 0 Å². The van der Waals surface area contributed by atoms with Crippen molar-refractivity contribution in [1.82, 2.24) is 0 Å². The fourth-order valence-electron chi connectivity index (χ4n) is 3.67. The molecule has 1 heterocycles. The predicted octanol–water partition coefficient (Wildman–Crippen LogP) is 3.41. The van der Waals surface area contributed by atoms with Gasteiger partial charge in [-0.05, 0) is 31.9 Å². The molecule has 0 aromatic heterocycles. The maximum atomic E-state index is 13.0. The van der Waals surface area contributed by atoms with Crippen LogP contribution in [0.25, 0.3) is 0 Å². The number of aryl methyl sites for hydroxylation is 2. The molecule has 0 radical (unpaired) electrons. The maximum absolute atomic E-state index is 13.0. The average Bonchev–Trinajstić information content (AvgIpc) is 2.84. The summed E-state index contributed by atoms with van der Waals surface area (Å²) >= 11 is 0. The minimum absolute atomic E-state index is 0.267. The summed E-state index contributed by atoms with van der Waals surface area (Å²) < 4.78 is 0. The lowest BCUT2D eigenvalue weighted by molar-refractivity contribution is -0.135. The first-order valence-corrected chi connectivity index (χ1v) is 8.99. The summed E-state index contributed by atoms with van der Waals surface area (Å²) in [7, 11) is 0. The summed E-state index contributed by atoms with van der Waals surface area (Å²) in [5.74, 6) is -0.767. The molecule has 0 bridgehead atoms. The summed E-state index contributed by atoms with van der Waals surface area (Å²) in [5, 5.41) is 20.0. The lowest BCUT2D eigenvalue weighted by atomic mass is 9.87. The van der Waals surface area contributed by atoms with E-state index in [1.54, 1.807) is 30.3 Å². The number of anilines is 1. The van der Waals surface area contributed by atoms with Crippen molar-refractivity contribution in [2.24, 2.45) is 0 Å². The van der Waals surface area contributed by atoms with Crippen molar-refractivity contribution in [3.8, 4) is 6.07 Å². The van der Waals surface area contributed by atoms with Gasteiger partial charge in [-0.15, -0.1) is 0 Å². The predicted molar refractivity (Wildman–Crippen MR) is 102 cm³/mol. The van der Waals surface area contributed by atoms with Gasteiger partial charge in [-0.1, -0.05) is 42.0 Å². The number of nitriles is 1. The number of amides is 1. The monoisotopic (exact) mass is 362 g/mol. The van der Waals surface area contributed by atoms with Crippen molar-refractivity contribution in [3.63, 3.8) is 0 Å². The van der Waals surface area contributed by atoms with E-state index in [1.807, 2.05) is 26.0 Å². The Balaban J connectivity index is 1.93. The second-order valence-electron chi connectivity index (χ2n) is 7.01. The third-order valence-corrected chi connectivity index (χ3v) is 5.01. The number of ketones is 1. The van der Waals surface area contributed by atoms with Crippen LogP contribution in [0.5, 0.6) is 0 Å². The molecule has 1 N–H and O–H groups in total. The van der Waals surface area contributed by atoms with E-state index in [4.69, 9.17) is 5.26 Å². The van der Waals surface area contributed by atoms with Crippen LogP contribution in [0.3, 0.4) is 0 Å². The van der Waals surface area contributed by atoms with E-state index in [1.165, 1.54) is 4.90 Å². The molecule has 0 aliphatic carbocycles. The Kier molecular flexibility index (Phi) is 5.11. The molecule has 2 aromatic rings. The van der Waals surface area contributed by atoms with Crippen LogP contribution >= 0.6 is 0 Å². The zero-order chi connectivity index (χ0) is 19.6. The Morgan fingerprint density at radius 2 is 1.96 bits per heavy atom. The van der Waals surface area contributed by atoms with Crippen LogP contribution in [0.4, 0.5) is 5.69 Å². The molecule has 5 heteroatoms. The normalized spacial score (nSPS) is 18.3. The number of para-hydroxylation sites is 1. The number of aliphatic hydroxyl groups is 1. The van der Waals surface area contributed by atoms with Gasteiger partial charge in [0.15, 0.2) is 11.4 Å². The van der Waals surface area contributed by atoms with Gasteiger partial charge >= 0.3 is 0 Å². The Morgan fingerprint density at radius 1 is 1.22 bits per heavy atom. The molecule has 138 valence electrons. The average molecular weight is 362 g/mol. The molecule has 0 fully saturated rings. The zero-order valence-corrected chi connectivity index (χ0v) is 15.5. The molecule has 0 saturated heterocycles. The molecule has 1 amide bonds. The number of carbonyl (C=O) groups excluding carboxylic acids is 2. The largest absolute Gasteiger partial charge is 0.375 e. The highest BCUT2D eigenvalue weighted by atomic mass is 16.3. The van der Waals surface area contributed by atoms with Gasteiger partial charge in [0.25, 0.3) is 5.91 Å². The summed E-state index contributed by atoms with van der Waals surface area (Å²) in [6.07, 6.45) is 0.533. The third kappa shape index (κ3) is 3.36. The summed E-state index contributed by atoms with van der Waals surface area (Å²) in [5.41, 5.74) is 1.57. The van der Waals surface area contributed by atoms with Gasteiger partial charge in [0.05, 0.1) is 18.2 Å². The molecule has 2 aromatic carbocycles. The van der Waals surface area contributed by atoms with Gasteiger partial charge in [0.2, 0.25) is 0 Å². The van der Waals surface area contributed by atoms with Gasteiger partial charge in [-0.3, -0.25) is 9.59 Å². The molecule has 1 atom stereocenters. The smallest absolute Gasteiger partial charge is 0.264 e. The lowest BCUT2D eigenvalue weighted by Gasteiger charge is -2.23. The first kappa shape index (κ1) is 18.8. The van der Waals surface area contributed by atoms with E-state index in [0.29, 0.717) is 36.2 Å². The highest BCUT2D eigenvalue weighted by molar-refractivity contribution is 6.11. The van der Waals surface area contributed by atoms with E-state index in [-0.39, 0.29) is 12.2 Å². The highest BCUT2D eigenvalue weighted by Crippen LogP contribution is 2.43. The van der Waals surface area contributed by atoms with E-state index < -0.39 is 11.5 Å². The Morgan fingerprint density at radius 3 is 2.67 bits per heavy atom. The van der Waals surface area contributed by atoms with Crippen molar-refractivity contribution in [2.75, 3.05) is 11.4 Å². The number of benzene rings is 2. The van der Waals surface area contributed by atoms with E-state index in [9.17, 15) is 14.7 Å².